The van der Waals surface area contributed by atoms with Crippen molar-refractivity contribution in [2.75, 3.05) is 42.6 Å². The van der Waals surface area contributed by atoms with E-state index in [1.54, 1.807) is 18.3 Å². The number of amides is 2. The van der Waals surface area contributed by atoms with E-state index < -0.39 is 39.0 Å². The van der Waals surface area contributed by atoms with Crippen LogP contribution in [0.25, 0.3) is 5.82 Å². The number of alkyl halides is 3. The van der Waals surface area contributed by atoms with Crippen LogP contribution in [0.5, 0.6) is 5.88 Å². The van der Waals surface area contributed by atoms with E-state index in [9.17, 15) is 31.2 Å². The fourth-order valence-electron chi connectivity index (χ4n) is 8.06. The summed E-state index contributed by atoms with van der Waals surface area (Å²) >= 11 is 0. The first-order chi connectivity index (χ1) is 25.0. The highest BCUT2D eigenvalue weighted by molar-refractivity contribution is 7.89. The van der Waals surface area contributed by atoms with E-state index >= 15 is 0 Å². The van der Waals surface area contributed by atoms with Crippen molar-refractivity contribution in [2.45, 2.75) is 75.5 Å². The van der Waals surface area contributed by atoms with Gasteiger partial charge in [-0.1, -0.05) is 12.1 Å². The fraction of sp³-hybridized carbons (Fsp3) is 0.528. The summed E-state index contributed by atoms with van der Waals surface area (Å²) in [7, 11) is -4.53. The molecule has 2 unspecified atom stereocenters. The minimum atomic E-state index is -4.53. The van der Waals surface area contributed by atoms with Gasteiger partial charge in [0.1, 0.15) is 11.6 Å². The van der Waals surface area contributed by atoms with Crippen molar-refractivity contribution in [3.63, 3.8) is 0 Å². The number of carbonyl (C=O) groups is 2. The summed E-state index contributed by atoms with van der Waals surface area (Å²) in [5.41, 5.74) is 3.28. The Labute approximate surface area is 306 Å². The minimum absolute atomic E-state index is 0.0566. The van der Waals surface area contributed by atoms with Crippen LogP contribution in [0.2, 0.25) is 0 Å². The van der Waals surface area contributed by atoms with Gasteiger partial charge in [0.15, 0.2) is 10.8 Å². The molecular weight excluding hydrogens is 714 g/mol. The third-order valence-electron chi connectivity index (χ3n) is 11.3. The van der Waals surface area contributed by atoms with Crippen LogP contribution in [0.4, 0.5) is 24.8 Å². The largest absolute Gasteiger partial charge is 0.477 e. The molecule has 7 rings (SSSR count). The second kappa shape index (κ2) is 13.0. The summed E-state index contributed by atoms with van der Waals surface area (Å²) in [4.78, 5) is 39.7. The predicted molar refractivity (Wildman–Crippen MR) is 189 cm³/mol. The van der Waals surface area contributed by atoms with Crippen molar-refractivity contribution in [2.24, 2.45) is 22.5 Å². The number of nitrogens with two attached hydrogens (primary N) is 1. The monoisotopic (exact) mass is 756 g/mol. The standard InChI is InChI=1S/C36H43F3N8O5S/c1-4-16-47-32(49)25-8-9-28(46-19-12-29(43-46)52-20-15-35(13-14-35)36(37,38)39)42-31(25)45-23-34(22-33(45,2)3)21-24(34)10-17-44(18-11-26(40)48)27-6-5-7-30(41-27)53(47,50)51/h4-9,12,19,24H,1,10-11,13-18,20-23H2,2-3H3,(H2,40,48). The van der Waals surface area contributed by atoms with Crippen LogP contribution in [-0.4, -0.2) is 88.8 Å². The number of pyridine rings is 2. The van der Waals surface area contributed by atoms with E-state index in [4.69, 9.17) is 15.5 Å². The van der Waals surface area contributed by atoms with Crippen molar-refractivity contribution < 1.29 is 35.9 Å². The average Bonchev–Trinajstić information content (AvgIpc) is 3.94. The van der Waals surface area contributed by atoms with Crippen LogP contribution in [0.3, 0.4) is 0 Å². The van der Waals surface area contributed by atoms with Gasteiger partial charge in [-0.3, -0.25) is 9.59 Å². The SMILES string of the molecule is C=CCN1C(=O)c2ccc(-n3ccc(OCCC4(C(F)(F)F)CC4)n3)nc2N2CC3(CC3CCN(CCC(N)=O)c3cccc(n3)S1(=O)=O)CC2(C)C. The molecule has 2 atom stereocenters. The van der Waals surface area contributed by atoms with Gasteiger partial charge in [0.25, 0.3) is 15.9 Å². The molecule has 53 heavy (non-hydrogen) atoms. The lowest BCUT2D eigenvalue weighted by Gasteiger charge is -2.34. The van der Waals surface area contributed by atoms with Crippen molar-refractivity contribution in [1.82, 2.24) is 24.1 Å². The smallest absolute Gasteiger partial charge is 0.394 e. The Morgan fingerprint density at radius 3 is 2.60 bits per heavy atom. The number of aromatic nitrogens is 4. The Bertz CT molecular complexity index is 2050. The van der Waals surface area contributed by atoms with Gasteiger partial charge in [0, 0.05) is 43.9 Å². The number of halogens is 3. The summed E-state index contributed by atoms with van der Waals surface area (Å²) in [6.45, 7) is 8.70. The summed E-state index contributed by atoms with van der Waals surface area (Å²) in [5, 5.41) is 4.07. The van der Waals surface area contributed by atoms with E-state index in [1.807, 2.05) is 4.90 Å². The lowest BCUT2D eigenvalue weighted by atomic mass is 9.91. The molecule has 0 radical (unpaired) electrons. The molecule has 2 aliphatic carbocycles. The minimum Gasteiger partial charge on any atom is -0.477 e. The third kappa shape index (κ3) is 6.83. The molecule has 3 aromatic rings. The number of carbonyl (C=O) groups excluding carboxylic acids is 2. The van der Waals surface area contributed by atoms with E-state index in [-0.39, 0.29) is 73.1 Å². The molecule has 2 N–H and O–H groups in total. The molecule has 13 nitrogen and oxygen atoms in total. The second-order valence-corrected chi connectivity index (χ2v) is 17.1. The third-order valence-corrected chi connectivity index (χ3v) is 12.9. The van der Waals surface area contributed by atoms with Gasteiger partial charge in [0.05, 0.1) is 24.1 Å². The first kappa shape index (κ1) is 36.7. The highest BCUT2D eigenvalue weighted by Gasteiger charge is 2.63. The number of hydrogen-bond donors (Lipinski definition) is 1. The van der Waals surface area contributed by atoms with E-state index in [0.717, 1.165) is 23.6 Å². The van der Waals surface area contributed by atoms with Crippen LogP contribution < -0.4 is 20.3 Å². The zero-order valence-corrected chi connectivity index (χ0v) is 30.5. The normalized spacial score (nSPS) is 24.1. The van der Waals surface area contributed by atoms with Gasteiger partial charge < -0.3 is 20.3 Å². The predicted octanol–water partition coefficient (Wildman–Crippen LogP) is 4.87. The maximum Gasteiger partial charge on any atom is 0.394 e. The number of hydrogen-bond acceptors (Lipinski definition) is 10. The summed E-state index contributed by atoms with van der Waals surface area (Å²) in [5.74, 6) is 0.0811. The lowest BCUT2D eigenvalue weighted by molar-refractivity contribution is -0.190. The fourth-order valence-corrected chi connectivity index (χ4v) is 9.36. The van der Waals surface area contributed by atoms with Gasteiger partial charge in [-0.15, -0.1) is 11.7 Å². The van der Waals surface area contributed by atoms with Crippen LogP contribution in [-0.2, 0) is 14.8 Å². The molecule has 1 spiro atoms. The van der Waals surface area contributed by atoms with Crippen LogP contribution in [0.15, 0.2) is 60.3 Å². The average molecular weight is 757 g/mol. The molecule has 0 aromatic carbocycles. The molecule has 4 bridgehead atoms. The Morgan fingerprint density at radius 2 is 1.91 bits per heavy atom. The van der Waals surface area contributed by atoms with E-state index in [1.165, 1.54) is 35.0 Å². The van der Waals surface area contributed by atoms with Gasteiger partial charge in [-0.2, -0.15) is 21.6 Å². The molecule has 3 fully saturated rings. The zero-order valence-electron chi connectivity index (χ0n) is 29.7. The van der Waals surface area contributed by atoms with Crippen LogP contribution >= 0.6 is 0 Å². The summed E-state index contributed by atoms with van der Waals surface area (Å²) in [6, 6.07) is 9.15. The molecule has 4 aliphatic rings. The molecule has 2 saturated carbocycles. The van der Waals surface area contributed by atoms with Gasteiger partial charge in [-0.05, 0) is 88.0 Å². The molecule has 5 heterocycles. The lowest BCUT2D eigenvalue weighted by Crippen LogP contribution is -2.42. The number of primary amides is 1. The van der Waals surface area contributed by atoms with Crippen molar-refractivity contribution in [3.05, 3.63) is 60.8 Å². The summed E-state index contributed by atoms with van der Waals surface area (Å²) in [6.07, 6.45) is 1.20. The topological polar surface area (TPSA) is 157 Å². The molecule has 3 aromatic heterocycles. The molecule has 17 heteroatoms. The maximum absolute atomic E-state index is 14.5. The molecule has 2 amide bonds. The number of anilines is 2. The van der Waals surface area contributed by atoms with Crippen LogP contribution in [0, 0.1) is 16.7 Å². The molecular formula is C36H43F3N8O5S. The Kier molecular flexibility index (Phi) is 9.01. The highest BCUT2D eigenvalue weighted by Crippen LogP contribution is 2.64. The van der Waals surface area contributed by atoms with Crippen molar-refractivity contribution >= 4 is 33.5 Å². The number of rotatable bonds is 10. The van der Waals surface area contributed by atoms with Crippen LogP contribution in [0.1, 0.15) is 69.2 Å². The first-order valence-corrected chi connectivity index (χ1v) is 19.2. The number of sulfonamides is 1. The molecule has 1 saturated heterocycles. The van der Waals surface area contributed by atoms with Crippen molar-refractivity contribution in [3.8, 4) is 11.7 Å². The van der Waals surface area contributed by atoms with Crippen molar-refractivity contribution in [1.29, 1.82) is 0 Å². The number of ether oxygens (including phenoxy) is 1. The van der Waals surface area contributed by atoms with Gasteiger partial charge in [-0.25, -0.2) is 19.0 Å². The van der Waals surface area contributed by atoms with Gasteiger partial charge >= 0.3 is 6.18 Å². The maximum atomic E-state index is 14.5. The zero-order chi connectivity index (χ0) is 38.0. The number of nitrogens with zero attached hydrogens (tertiary/aromatic N) is 7. The quantitative estimate of drug-likeness (QED) is 0.283. The molecule has 2 aliphatic heterocycles. The first-order valence-electron chi connectivity index (χ1n) is 17.7. The van der Waals surface area contributed by atoms with E-state index in [2.05, 4.69) is 35.4 Å². The summed E-state index contributed by atoms with van der Waals surface area (Å²) < 4.78 is 76.5. The van der Waals surface area contributed by atoms with Gasteiger partial charge in [0.2, 0.25) is 11.8 Å². The highest BCUT2D eigenvalue weighted by atomic mass is 32.2. The number of fused-ring (bicyclic) bond motifs is 5. The Balaban J connectivity index is 1.26. The Hall–Kier alpha value is -4.67. The Morgan fingerprint density at radius 1 is 1.13 bits per heavy atom. The second-order valence-electron chi connectivity index (χ2n) is 15.3. The van der Waals surface area contributed by atoms with E-state index in [0.29, 0.717) is 30.6 Å². The molecule has 284 valence electrons.